The molecule has 0 saturated carbocycles. The number of ether oxygens (including phenoxy) is 1. The number of aromatic nitrogens is 1. The monoisotopic (exact) mass is 444 g/mol. The molecule has 3 heterocycles. The molecule has 1 saturated heterocycles. The molecular weight excluding hydrogens is 421 g/mol. The first-order valence-corrected chi connectivity index (χ1v) is 10.8. The SMILES string of the molecule is O=C1[N]C=Cc2cc(Nc3ccc(N4CCOCC4)cc3)nc(NCc3cccc(F)c3)c21. The van der Waals surface area contributed by atoms with Crippen LogP contribution in [-0.2, 0) is 11.3 Å². The number of hydrogen-bond acceptors (Lipinski definition) is 6. The van der Waals surface area contributed by atoms with Gasteiger partial charge in [-0.15, -0.1) is 0 Å². The number of benzene rings is 2. The number of nitrogens with one attached hydrogen (secondary N) is 2. The van der Waals surface area contributed by atoms with Crippen LogP contribution in [0.25, 0.3) is 6.08 Å². The number of carbonyl (C=O) groups excluding carboxylic acids is 1. The van der Waals surface area contributed by atoms with E-state index in [0.717, 1.165) is 48.8 Å². The maximum Gasteiger partial charge on any atom is 0.281 e. The highest BCUT2D eigenvalue weighted by atomic mass is 19.1. The summed E-state index contributed by atoms with van der Waals surface area (Å²) in [6.07, 6.45) is 3.26. The molecule has 5 rings (SSSR count). The van der Waals surface area contributed by atoms with Gasteiger partial charge in [0.2, 0.25) is 0 Å². The van der Waals surface area contributed by atoms with Crippen LogP contribution in [0.2, 0.25) is 0 Å². The summed E-state index contributed by atoms with van der Waals surface area (Å²) in [5, 5.41) is 10.4. The molecule has 2 aliphatic heterocycles. The zero-order valence-electron chi connectivity index (χ0n) is 17.9. The van der Waals surface area contributed by atoms with Crippen molar-refractivity contribution in [1.29, 1.82) is 0 Å². The van der Waals surface area contributed by atoms with Gasteiger partial charge in [-0.25, -0.2) is 14.7 Å². The average Bonchev–Trinajstić information content (AvgIpc) is 2.84. The largest absolute Gasteiger partial charge is 0.378 e. The van der Waals surface area contributed by atoms with Crippen molar-refractivity contribution < 1.29 is 13.9 Å². The third-order valence-electron chi connectivity index (χ3n) is 5.57. The van der Waals surface area contributed by atoms with Gasteiger partial charge in [0.05, 0.1) is 18.8 Å². The molecule has 3 aromatic rings. The number of halogens is 1. The van der Waals surface area contributed by atoms with E-state index in [1.54, 1.807) is 12.1 Å². The van der Waals surface area contributed by atoms with Crippen LogP contribution in [0.1, 0.15) is 21.5 Å². The molecule has 0 bridgehead atoms. The maximum atomic E-state index is 13.5. The van der Waals surface area contributed by atoms with E-state index in [1.807, 2.05) is 24.3 Å². The molecule has 2 aromatic carbocycles. The summed E-state index contributed by atoms with van der Waals surface area (Å²) in [4.78, 5) is 19.4. The molecule has 8 heteroatoms. The van der Waals surface area contributed by atoms with Gasteiger partial charge in [-0.3, -0.25) is 4.79 Å². The van der Waals surface area contributed by atoms with Gasteiger partial charge in [0, 0.05) is 37.2 Å². The third-order valence-corrected chi connectivity index (χ3v) is 5.57. The van der Waals surface area contributed by atoms with Crippen LogP contribution in [0.4, 0.5) is 27.4 Å². The third kappa shape index (κ3) is 4.80. The van der Waals surface area contributed by atoms with Crippen molar-refractivity contribution in [3.05, 3.63) is 83.3 Å². The van der Waals surface area contributed by atoms with Gasteiger partial charge >= 0.3 is 0 Å². The molecule has 0 unspecified atom stereocenters. The predicted octanol–water partition coefficient (Wildman–Crippen LogP) is 4.14. The van der Waals surface area contributed by atoms with Crippen molar-refractivity contribution in [1.82, 2.24) is 10.3 Å². The molecule has 7 nitrogen and oxygen atoms in total. The number of pyridine rings is 1. The van der Waals surface area contributed by atoms with E-state index >= 15 is 0 Å². The fourth-order valence-electron chi connectivity index (χ4n) is 3.92. The first-order chi connectivity index (χ1) is 16.2. The Morgan fingerprint density at radius 1 is 1.06 bits per heavy atom. The Bertz CT molecular complexity index is 1190. The topological polar surface area (TPSA) is 80.6 Å². The van der Waals surface area contributed by atoms with Gasteiger partial charge in [0.25, 0.3) is 5.91 Å². The number of fused-ring (bicyclic) bond motifs is 1. The van der Waals surface area contributed by atoms with Gasteiger partial charge in [-0.05, 0) is 59.7 Å². The Morgan fingerprint density at radius 2 is 1.88 bits per heavy atom. The summed E-state index contributed by atoms with van der Waals surface area (Å²) in [5.41, 5.74) is 3.90. The Labute approximate surface area is 191 Å². The first-order valence-electron chi connectivity index (χ1n) is 10.8. The van der Waals surface area contributed by atoms with Gasteiger partial charge in [0.15, 0.2) is 0 Å². The highest BCUT2D eigenvalue weighted by molar-refractivity contribution is 6.05. The summed E-state index contributed by atoms with van der Waals surface area (Å²) in [5.74, 6) is 0.327. The van der Waals surface area contributed by atoms with Gasteiger partial charge in [-0.1, -0.05) is 12.1 Å². The zero-order valence-corrected chi connectivity index (χ0v) is 17.9. The van der Waals surface area contributed by atoms with Crippen molar-refractivity contribution in [3.63, 3.8) is 0 Å². The van der Waals surface area contributed by atoms with E-state index in [0.29, 0.717) is 23.7 Å². The molecule has 0 aliphatic carbocycles. The van der Waals surface area contributed by atoms with Crippen LogP contribution in [0.15, 0.2) is 60.8 Å². The van der Waals surface area contributed by atoms with Crippen molar-refractivity contribution in [2.45, 2.75) is 6.54 Å². The van der Waals surface area contributed by atoms with Crippen molar-refractivity contribution in [3.8, 4) is 0 Å². The fourth-order valence-corrected chi connectivity index (χ4v) is 3.92. The van der Waals surface area contributed by atoms with E-state index in [-0.39, 0.29) is 11.7 Å². The molecule has 2 aliphatic rings. The fraction of sp³-hybridized carbons (Fsp3) is 0.200. The second kappa shape index (κ2) is 9.30. The van der Waals surface area contributed by atoms with E-state index in [1.165, 1.54) is 18.3 Å². The molecule has 1 radical (unpaired) electrons. The number of nitrogens with zero attached hydrogens (tertiary/aromatic N) is 3. The average molecular weight is 444 g/mol. The minimum absolute atomic E-state index is 0.311. The Kier molecular flexibility index (Phi) is 5.91. The smallest absolute Gasteiger partial charge is 0.281 e. The Morgan fingerprint density at radius 3 is 2.67 bits per heavy atom. The van der Waals surface area contributed by atoms with E-state index in [4.69, 9.17) is 4.74 Å². The molecule has 0 atom stereocenters. The van der Waals surface area contributed by atoms with Crippen LogP contribution in [0.5, 0.6) is 0 Å². The van der Waals surface area contributed by atoms with E-state index in [9.17, 15) is 9.18 Å². The second-order valence-electron chi connectivity index (χ2n) is 7.83. The number of anilines is 4. The van der Waals surface area contributed by atoms with E-state index < -0.39 is 0 Å². The maximum absolute atomic E-state index is 13.5. The van der Waals surface area contributed by atoms with Gasteiger partial charge in [-0.2, -0.15) is 0 Å². The van der Waals surface area contributed by atoms with Crippen LogP contribution in [0.3, 0.4) is 0 Å². The summed E-state index contributed by atoms with van der Waals surface area (Å²) in [7, 11) is 0. The van der Waals surface area contributed by atoms with Crippen molar-refractivity contribution in [2.24, 2.45) is 0 Å². The second-order valence-corrected chi connectivity index (χ2v) is 7.83. The highest BCUT2D eigenvalue weighted by Gasteiger charge is 2.22. The molecule has 33 heavy (non-hydrogen) atoms. The van der Waals surface area contributed by atoms with Crippen LogP contribution in [-0.4, -0.2) is 37.2 Å². The van der Waals surface area contributed by atoms with Gasteiger partial charge in [0.1, 0.15) is 17.5 Å². The number of amides is 1. The standard InChI is InChI=1S/C25H23FN5O2/c26-19-3-1-2-17(14-19)16-28-24-23-18(8-9-27-25(23)32)15-22(30-24)29-20-4-6-21(7-5-20)31-10-12-33-13-11-31/h1-9,14-15H,10-13,16H2,(H2,28,29,30). The zero-order chi connectivity index (χ0) is 22.6. The lowest BCUT2D eigenvalue weighted by Crippen LogP contribution is -2.36. The molecule has 1 aromatic heterocycles. The quantitative estimate of drug-likeness (QED) is 0.595. The highest BCUT2D eigenvalue weighted by Crippen LogP contribution is 2.28. The Balaban J connectivity index is 1.38. The number of hydrogen-bond donors (Lipinski definition) is 2. The number of rotatable bonds is 6. The minimum atomic E-state index is -0.358. The molecular formula is C25H23FN5O2. The summed E-state index contributed by atoms with van der Waals surface area (Å²) >= 11 is 0. The summed E-state index contributed by atoms with van der Waals surface area (Å²) < 4.78 is 19.0. The number of carbonyl (C=O) groups is 1. The summed E-state index contributed by atoms with van der Waals surface area (Å²) in [6.45, 7) is 3.56. The molecule has 0 spiro atoms. The van der Waals surface area contributed by atoms with Crippen molar-refractivity contribution >= 4 is 35.0 Å². The molecule has 1 fully saturated rings. The lowest BCUT2D eigenvalue weighted by atomic mass is 10.1. The molecule has 2 N–H and O–H groups in total. The van der Waals surface area contributed by atoms with Crippen LogP contribution < -0.4 is 20.9 Å². The van der Waals surface area contributed by atoms with Gasteiger partial charge < -0.3 is 20.3 Å². The normalized spacial score (nSPS) is 15.1. The van der Waals surface area contributed by atoms with Crippen molar-refractivity contribution in [2.75, 3.05) is 41.8 Å². The minimum Gasteiger partial charge on any atom is -0.378 e. The van der Waals surface area contributed by atoms with Crippen LogP contribution in [0, 0.1) is 5.82 Å². The Hall–Kier alpha value is -3.91. The lowest BCUT2D eigenvalue weighted by Gasteiger charge is -2.29. The number of morpholine rings is 1. The predicted molar refractivity (Wildman–Crippen MR) is 126 cm³/mol. The summed E-state index contributed by atoms with van der Waals surface area (Å²) in [6, 6.07) is 16.3. The van der Waals surface area contributed by atoms with E-state index in [2.05, 4.69) is 38.0 Å². The van der Waals surface area contributed by atoms with Crippen LogP contribution >= 0.6 is 0 Å². The lowest BCUT2D eigenvalue weighted by molar-refractivity contribution is 0.0965. The molecule has 1 amide bonds. The molecule has 167 valence electrons. The first kappa shape index (κ1) is 21.0.